The minimum absolute atomic E-state index is 0.144. The molecule has 2 heterocycles. The van der Waals surface area contributed by atoms with Crippen molar-refractivity contribution in [2.45, 2.75) is 13.0 Å². The molecule has 100 valence electrons. The van der Waals surface area contributed by atoms with Crippen molar-refractivity contribution < 1.29 is 4.79 Å². The summed E-state index contributed by atoms with van der Waals surface area (Å²) >= 11 is 7.28. The second kappa shape index (κ2) is 5.59. The molecule has 1 N–H and O–H groups in total. The second-order valence-electron chi connectivity index (χ2n) is 4.20. The first-order chi connectivity index (χ1) is 8.97. The molecule has 6 heteroatoms. The fourth-order valence-electron chi connectivity index (χ4n) is 1.60. The van der Waals surface area contributed by atoms with Crippen molar-refractivity contribution in [2.24, 2.45) is 7.05 Å². The van der Waals surface area contributed by atoms with E-state index in [-0.39, 0.29) is 17.5 Å². The maximum absolute atomic E-state index is 12.0. The Hall–Kier alpha value is -1.59. The predicted molar refractivity (Wildman–Crippen MR) is 76.9 cm³/mol. The smallest absolute Gasteiger partial charge is 0.252 e. The lowest BCUT2D eigenvalue weighted by Crippen LogP contribution is -2.28. The topological polar surface area (TPSA) is 51.1 Å². The highest BCUT2D eigenvalue weighted by molar-refractivity contribution is 7.16. The van der Waals surface area contributed by atoms with Crippen LogP contribution < -0.4 is 10.9 Å². The molecule has 0 saturated carbocycles. The van der Waals surface area contributed by atoms with Crippen molar-refractivity contribution in [3.8, 4) is 0 Å². The predicted octanol–water partition coefficient (Wildman–Crippen LogP) is 2.59. The molecular weight excluding hydrogens is 284 g/mol. The zero-order valence-corrected chi connectivity index (χ0v) is 12.1. The Labute approximate surface area is 119 Å². The van der Waals surface area contributed by atoms with Crippen LogP contribution in [-0.4, -0.2) is 10.5 Å². The van der Waals surface area contributed by atoms with Crippen LogP contribution in [0.3, 0.4) is 0 Å². The van der Waals surface area contributed by atoms with Gasteiger partial charge in [-0.05, 0) is 25.1 Å². The van der Waals surface area contributed by atoms with E-state index in [9.17, 15) is 9.59 Å². The monoisotopic (exact) mass is 296 g/mol. The lowest BCUT2D eigenvalue weighted by molar-refractivity contribution is 0.0940. The largest absolute Gasteiger partial charge is 0.345 e. The van der Waals surface area contributed by atoms with E-state index in [0.29, 0.717) is 9.90 Å². The van der Waals surface area contributed by atoms with Crippen LogP contribution in [-0.2, 0) is 7.05 Å². The molecule has 0 fully saturated rings. The van der Waals surface area contributed by atoms with E-state index in [0.717, 1.165) is 4.88 Å². The van der Waals surface area contributed by atoms with Crippen LogP contribution >= 0.6 is 22.9 Å². The molecule has 0 unspecified atom stereocenters. The third-order valence-electron chi connectivity index (χ3n) is 2.73. The number of aryl methyl sites for hydroxylation is 1. The Morgan fingerprint density at radius 3 is 2.74 bits per heavy atom. The zero-order chi connectivity index (χ0) is 14.0. The average Bonchev–Trinajstić information content (AvgIpc) is 2.79. The van der Waals surface area contributed by atoms with Gasteiger partial charge in [0.25, 0.3) is 11.5 Å². The summed E-state index contributed by atoms with van der Waals surface area (Å²) in [6, 6.07) is 6.47. The summed E-state index contributed by atoms with van der Waals surface area (Å²) < 4.78 is 2.10. The summed E-state index contributed by atoms with van der Waals surface area (Å²) in [5.74, 6) is -0.269. The van der Waals surface area contributed by atoms with Crippen molar-refractivity contribution in [1.29, 1.82) is 0 Å². The molecule has 2 aromatic heterocycles. The van der Waals surface area contributed by atoms with Gasteiger partial charge in [0.1, 0.15) is 0 Å². The van der Waals surface area contributed by atoms with Gasteiger partial charge in [0.2, 0.25) is 0 Å². The van der Waals surface area contributed by atoms with Crippen LogP contribution in [0.2, 0.25) is 4.34 Å². The van der Waals surface area contributed by atoms with E-state index in [1.807, 2.05) is 13.0 Å². The fourth-order valence-corrected chi connectivity index (χ4v) is 2.67. The number of pyridine rings is 1. The van der Waals surface area contributed by atoms with Crippen LogP contribution in [0, 0.1) is 0 Å². The minimum Gasteiger partial charge on any atom is -0.345 e. The van der Waals surface area contributed by atoms with Crippen molar-refractivity contribution >= 4 is 28.8 Å². The summed E-state index contributed by atoms with van der Waals surface area (Å²) in [4.78, 5) is 24.5. The van der Waals surface area contributed by atoms with Crippen LogP contribution in [0.25, 0.3) is 0 Å². The molecule has 0 saturated heterocycles. The van der Waals surface area contributed by atoms with Crippen LogP contribution in [0.15, 0.2) is 35.3 Å². The average molecular weight is 297 g/mol. The van der Waals surface area contributed by atoms with Gasteiger partial charge in [0, 0.05) is 29.8 Å². The van der Waals surface area contributed by atoms with Crippen LogP contribution in [0.1, 0.15) is 28.2 Å². The number of hydrogen-bond acceptors (Lipinski definition) is 3. The number of carbonyl (C=O) groups excluding carboxylic acids is 1. The molecule has 2 aromatic rings. The molecule has 1 atom stereocenters. The molecule has 0 aromatic carbocycles. The molecule has 1 amide bonds. The highest BCUT2D eigenvalue weighted by Gasteiger charge is 2.13. The number of aromatic nitrogens is 1. The Balaban J connectivity index is 2.12. The number of rotatable bonds is 3. The maximum Gasteiger partial charge on any atom is 0.252 e. The summed E-state index contributed by atoms with van der Waals surface area (Å²) in [5, 5.41) is 2.84. The molecule has 0 radical (unpaired) electrons. The first-order valence-electron chi connectivity index (χ1n) is 5.70. The Kier molecular flexibility index (Phi) is 4.07. The number of hydrogen-bond donors (Lipinski definition) is 1. The minimum atomic E-state index is -0.269. The molecular formula is C13H13ClN2O2S. The molecule has 0 aliphatic rings. The standard InChI is InChI=1S/C13H13ClN2O2S/c1-8(10-3-4-11(14)19-10)15-13(18)9-5-6-16(2)12(17)7-9/h3-8H,1-2H3,(H,15,18)/t8-/m1/s1. The number of nitrogens with one attached hydrogen (secondary N) is 1. The first-order valence-corrected chi connectivity index (χ1v) is 6.89. The summed E-state index contributed by atoms with van der Waals surface area (Å²) in [7, 11) is 1.64. The molecule has 0 aliphatic carbocycles. The first kappa shape index (κ1) is 13.8. The van der Waals surface area contributed by atoms with E-state index in [1.54, 1.807) is 25.4 Å². The van der Waals surface area contributed by atoms with Crippen LogP contribution in [0.4, 0.5) is 0 Å². The van der Waals surface area contributed by atoms with Gasteiger partial charge in [-0.25, -0.2) is 0 Å². The lowest BCUT2D eigenvalue weighted by atomic mass is 10.2. The van der Waals surface area contributed by atoms with Gasteiger partial charge in [-0.3, -0.25) is 9.59 Å². The van der Waals surface area contributed by atoms with E-state index in [2.05, 4.69) is 5.32 Å². The number of halogens is 1. The quantitative estimate of drug-likeness (QED) is 0.946. The van der Waals surface area contributed by atoms with Gasteiger partial charge >= 0.3 is 0 Å². The lowest BCUT2D eigenvalue weighted by Gasteiger charge is -2.12. The highest BCUT2D eigenvalue weighted by Crippen LogP contribution is 2.26. The van der Waals surface area contributed by atoms with Crippen molar-refractivity contribution in [3.05, 3.63) is 55.6 Å². The normalized spacial score (nSPS) is 12.2. The third-order valence-corrected chi connectivity index (χ3v) is 4.15. The van der Waals surface area contributed by atoms with Gasteiger partial charge in [-0.1, -0.05) is 11.6 Å². The molecule has 2 rings (SSSR count). The van der Waals surface area contributed by atoms with Gasteiger partial charge in [0.15, 0.2) is 0 Å². The molecule has 4 nitrogen and oxygen atoms in total. The van der Waals surface area contributed by atoms with Gasteiger partial charge in [-0.15, -0.1) is 11.3 Å². The highest BCUT2D eigenvalue weighted by atomic mass is 35.5. The molecule has 19 heavy (non-hydrogen) atoms. The number of carbonyl (C=O) groups is 1. The molecule has 0 spiro atoms. The van der Waals surface area contributed by atoms with Gasteiger partial charge < -0.3 is 9.88 Å². The van der Waals surface area contributed by atoms with E-state index < -0.39 is 0 Å². The van der Waals surface area contributed by atoms with Crippen LogP contribution in [0.5, 0.6) is 0 Å². The SMILES string of the molecule is C[C@@H](NC(=O)c1ccn(C)c(=O)c1)c1ccc(Cl)s1. The number of thiophene rings is 1. The van der Waals surface area contributed by atoms with Gasteiger partial charge in [-0.2, -0.15) is 0 Å². The second-order valence-corrected chi connectivity index (χ2v) is 5.95. The van der Waals surface area contributed by atoms with E-state index in [1.165, 1.54) is 22.0 Å². The van der Waals surface area contributed by atoms with Crippen molar-refractivity contribution in [2.75, 3.05) is 0 Å². The zero-order valence-electron chi connectivity index (χ0n) is 10.5. The number of amides is 1. The van der Waals surface area contributed by atoms with Gasteiger partial charge in [0.05, 0.1) is 10.4 Å². The Morgan fingerprint density at radius 2 is 2.16 bits per heavy atom. The summed E-state index contributed by atoms with van der Waals surface area (Å²) in [5.41, 5.74) is 0.150. The summed E-state index contributed by atoms with van der Waals surface area (Å²) in [6.07, 6.45) is 1.57. The molecule has 0 aliphatic heterocycles. The van der Waals surface area contributed by atoms with Crippen molar-refractivity contribution in [1.82, 2.24) is 9.88 Å². The van der Waals surface area contributed by atoms with Crippen molar-refractivity contribution in [3.63, 3.8) is 0 Å². The number of nitrogens with zero attached hydrogens (tertiary/aromatic N) is 1. The maximum atomic E-state index is 12.0. The Bertz CT molecular complexity index is 663. The Morgan fingerprint density at radius 1 is 1.42 bits per heavy atom. The summed E-state index contributed by atoms with van der Waals surface area (Å²) in [6.45, 7) is 1.88. The molecule has 0 bridgehead atoms. The third kappa shape index (κ3) is 3.24. The fraction of sp³-hybridized carbons (Fsp3) is 0.231. The van der Waals surface area contributed by atoms with E-state index >= 15 is 0 Å². The van der Waals surface area contributed by atoms with E-state index in [4.69, 9.17) is 11.6 Å².